The third-order valence-electron chi connectivity index (χ3n) is 5.91. The number of hydroxylamine groups is 1. The fraction of sp³-hybridized carbons (Fsp3) is 0.320. The molecule has 2 aromatic carbocycles. The Morgan fingerprint density at radius 2 is 2.03 bits per heavy atom. The number of aliphatic imine (C=N–C) groups is 1. The molecule has 2 unspecified atom stereocenters. The Kier molecular flexibility index (Phi) is 6.88. The molecule has 10 heteroatoms. The number of benzene rings is 2. The van der Waals surface area contributed by atoms with Crippen molar-refractivity contribution >= 4 is 29.0 Å². The molecule has 2 N–H and O–H groups in total. The fourth-order valence-electron chi connectivity index (χ4n) is 3.89. The van der Waals surface area contributed by atoms with Gasteiger partial charge < -0.3 is 9.84 Å². The van der Waals surface area contributed by atoms with E-state index >= 15 is 4.39 Å². The van der Waals surface area contributed by atoms with Crippen LogP contribution < -0.4 is 10.2 Å². The van der Waals surface area contributed by atoms with Crippen LogP contribution in [-0.4, -0.2) is 33.8 Å². The van der Waals surface area contributed by atoms with Gasteiger partial charge in [0.1, 0.15) is 0 Å². The quantitative estimate of drug-likeness (QED) is 0.428. The summed E-state index contributed by atoms with van der Waals surface area (Å²) < 4.78 is 21.0. The highest BCUT2D eigenvalue weighted by molar-refractivity contribution is 6.35. The normalized spacial score (nSPS) is 18.5. The van der Waals surface area contributed by atoms with Crippen molar-refractivity contribution < 1.29 is 19.1 Å². The predicted molar refractivity (Wildman–Crippen MR) is 131 cm³/mol. The van der Waals surface area contributed by atoms with Gasteiger partial charge in [0.15, 0.2) is 17.4 Å². The van der Waals surface area contributed by atoms with Crippen LogP contribution in [0.4, 0.5) is 4.39 Å². The number of ether oxygens (including phenoxy) is 1. The smallest absolute Gasteiger partial charge is 0.250 e. The number of amidine groups is 1. The van der Waals surface area contributed by atoms with E-state index in [4.69, 9.17) is 37.8 Å². The lowest BCUT2D eigenvalue weighted by molar-refractivity contribution is 0.0623. The second-order valence-corrected chi connectivity index (χ2v) is 9.53. The topological polar surface area (TPSA) is 88.9 Å². The summed E-state index contributed by atoms with van der Waals surface area (Å²) in [7, 11) is 0. The maximum atomic E-state index is 15.1. The molecule has 2 aliphatic rings. The average Bonchev–Trinajstić information content (AvgIpc) is 3.68. The van der Waals surface area contributed by atoms with Crippen molar-refractivity contribution in [3.63, 3.8) is 0 Å². The second kappa shape index (κ2) is 10.1. The molecule has 0 amide bonds. The molecule has 1 aliphatic heterocycles. The van der Waals surface area contributed by atoms with Crippen LogP contribution in [-0.2, 0) is 11.3 Å². The van der Waals surface area contributed by atoms with Crippen LogP contribution >= 0.6 is 23.2 Å². The number of aliphatic hydroxyl groups excluding tert-OH is 1. The number of hydrogen-bond acceptors (Lipinski definition) is 7. The predicted octanol–water partition coefficient (Wildman–Crippen LogP) is 5.54. The molecular weight excluding hydrogens is 494 g/mol. The van der Waals surface area contributed by atoms with Gasteiger partial charge in [-0.25, -0.2) is 9.87 Å². The molecule has 0 bridgehead atoms. The standard InChI is InChI=1S/C25H23Cl2FN4O3/c1-13(33)21-11-19(24-29-17(12-34-32-24)9-15-7-8-16(26)10-20(15)27)25(31-30-21)35-22-4-2-3-18(23(22)28)14-5-6-14/h2-4,7-8,10-11,13-14,17,33H,5-6,9,12H2,1H3,(H,29,32). The van der Waals surface area contributed by atoms with Crippen LogP contribution in [0, 0.1) is 5.82 Å². The third-order valence-corrected chi connectivity index (χ3v) is 6.49. The number of rotatable bonds is 7. The molecule has 1 aromatic heterocycles. The molecule has 3 aromatic rings. The molecule has 35 heavy (non-hydrogen) atoms. The number of aromatic nitrogens is 2. The minimum Gasteiger partial charge on any atom is -0.434 e. The summed E-state index contributed by atoms with van der Waals surface area (Å²) in [6.07, 6.45) is 1.56. The van der Waals surface area contributed by atoms with E-state index in [0.717, 1.165) is 18.4 Å². The SMILES string of the molecule is CC(O)c1cc(C2=NC(Cc3ccc(Cl)cc3Cl)CON2)c(Oc2cccc(C3CC3)c2F)nn1. The molecule has 7 nitrogen and oxygen atoms in total. The van der Waals surface area contributed by atoms with Crippen molar-refractivity contribution in [3.8, 4) is 11.6 Å². The van der Waals surface area contributed by atoms with Crippen molar-refractivity contribution in [2.24, 2.45) is 4.99 Å². The summed E-state index contributed by atoms with van der Waals surface area (Å²) in [5.74, 6) is 0.238. The summed E-state index contributed by atoms with van der Waals surface area (Å²) >= 11 is 12.3. The lowest BCUT2D eigenvalue weighted by Gasteiger charge is -2.23. The first-order chi connectivity index (χ1) is 16.9. The lowest BCUT2D eigenvalue weighted by atomic mass is 10.1. The summed E-state index contributed by atoms with van der Waals surface area (Å²) in [4.78, 5) is 10.3. The van der Waals surface area contributed by atoms with Crippen molar-refractivity contribution in [3.05, 3.63) is 80.7 Å². The number of nitrogens with zero attached hydrogens (tertiary/aromatic N) is 3. The molecule has 1 saturated carbocycles. The first-order valence-electron chi connectivity index (χ1n) is 11.3. The van der Waals surface area contributed by atoms with Crippen LogP contribution in [0.25, 0.3) is 0 Å². The Morgan fingerprint density at radius 1 is 1.20 bits per heavy atom. The van der Waals surface area contributed by atoms with Crippen molar-refractivity contribution in [2.45, 2.75) is 44.2 Å². The zero-order chi connectivity index (χ0) is 24.5. The zero-order valence-corrected chi connectivity index (χ0v) is 20.4. The molecule has 1 fully saturated rings. The monoisotopic (exact) mass is 516 g/mol. The van der Waals surface area contributed by atoms with E-state index in [9.17, 15) is 5.11 Å². The summed E-state index contributed by atoms with van der Waals surface area (Å²) in [5.41, 5.74) is 5.00. The minimum absolute atomic E-state index is 0.0428. The molecule has 5 rings (SSSR count). The Hall–Kier alpha value is -2.78. The number of hydrogen-bond donors (Lipinski definition) is 2. The van der Waals surface area contributed by atoms with Gasteiger partial charge in [0.2, 0.25) is 5.88 Å². The van der Waals surface area contributed by atoms with Crippen molar-refractivity contribution in [1.29, 1.82) is 0 Å². The number of nitrogens with one attached hydrogen (secondary N) is 1. The Balaban J connectivity index is 1.48. The molecule has 0 radical (unpaired) electrons. The molecule has 0 saturated heterocycles. The van der Waals surface area contributed by atoms with Crippen molar-refractivity contribution in [2.75, 3.05) is 6.61 Å². The van der Waals surface area contributed by atoms with Gasteiger partial charge in [0, 0.05) is 10.0 Å². The highest BCUT2D eigenvalue weighted by atomic mass is 35.5. The molecule has 182 valence electrons. The molecule has 2 atom stereocenters. The van der Waals surface area contributed by atoms with Gasteiger partial charge >= 0.3 is 0 Å². The van der Waals surface area contributed by atoms with E-state index in [1.54, 1.807) is 43.3 Å². The molecular formula is C25H23Cl2FN4O3. The van der Waals surface area contributed by atoms with Gasteiger partial charge in [0.25, 0.3) is 0 Å². The minimum atomic E-state index is -0.876. The third kappa shape index (κ3) is 5.41. The number of halogens is 3. The molecule has 1 aliphatic carbocycles. The van der Waals surface area contributed by atoms with E-state index < -0.39 is 11.9 Å². The van der Waals surface area contributed by atoms with Gasteiger partial charge in [-0.05, 0) is 67.5 Å². The maximum absolute atomic E-state index is 15.1. The first-order valence-corrected chi connectivity index (χ1v) is 12.1. The van der Waals surface area contributed by atoms with Gasteiger partial charge in [0.05, 0.1) is 30.0 Å². The number of aliphatic hydroxyl groups is 1. The lowest BCUT2D eigenvalue weighted by Crippen LogP contribution is -2.37. The van der Waals surface area contributed by atoms with Crippen molar-refractivity contribution in [1.82, 2.24) is 15.7 Å². The van der Waals surface area contributed by atoms with Crippen LogP contribution in [0.1, 0.15) is 54.2 Å². The van der Waals surface area contributed by atoms with Crippen LogP contribution in [0.2, 0.25) is 10.0 Å². The molecule has 2 heterocycles. The summed E-state index contributed by atoms with van der Waals surface area (Å²) in [5, 5.41) is 19.3. The van der Waals surface area contributed by atoms with Gasteiger partial charge in [-0.3, -0.25) is 9.83 Å². The highest BCUT2D eigenvalue weighted by Gasteiger charge is 2.29. The second-order valence-electron chi connectivity index (χ2n) is 8.68. The summed E-state index contributed by atoms with van der Waals surface area (Å²) in [6, 6.07) is 11.7. The summed E-state index contributed by atoms with van der Waals surface area (Å²) in [6.45, 7) is 1.88. The first kappa shape index (κ1) is 23.9. The average molecular weight is 517 g/mol. The van der Waals surface area contributed by atoms with Gasteiger partial charge in [-0.15, -0.1) is 10.2 Å². The van der Waals surface area contributed by atoms with Crippen LogP contribution in [0.15, 0.2) is 47.5 Å². The Bertz CT molecular complexity index is 1280. The zero-order valence-electron chi connectivity index (χ0n) is 18.8. The fourth-order valence-corrected chi connectivity index (χ4v) is 4.37. The largest absolute Gasteiger partial charge is 0.434 e. The maximum Gasteiger partial charge on any atom is 0.250 e. The molecule has 0 spiro atoms. The Morgan fingerprint density at radius 3 is 2.77 bits per heavy atom. The van der Waals surface area contributed by atoms with E-state index in [2.05, 4.69) is 15.7 Å². The van der Waals surface area contributed by atoms with E-state index in [1.165, 1.54) is 0 Å². The van der Waals surface area contributed by atoms with Gasteiger partial charge in [-0.1, -0.05) is 41.4 Å². The Labute approximate surface area is 211 Å². The highest BCUT2D eigenvalue weighted by Crippen LogP contribution is 2.43. The van der Waals surface area contributed by atoms with Gasteiger partial charge in [-0.2, -0.15) is 0 Å². The van der Waals surface area contributed by atoms with E-state index in [-0.39, 0.29) is 23.6 Å². The van der Waals surface area contributed by atoms with E-state index in [0.29, 0.717) is 45.7 Å². The van der Waals surface area contributed by atoms with Crippen LogP contribution in [0.3, 0.4) is 0 Å². The van der Waals surface area contributed by atoms with Crippen LogP contribution in [0.5, 0.6) is 11.6 Å². The van der Waals surface area contributed by atoms with E-state index in [1.807, 2.05) is 6.07 Å².